The van der Waals surface area contributed by atoms with E-state index in [2.05, 4.69) is 31.2 Å². The van der Waals surface area contributed by atoms with Crippen LogP contribution >= 0.6 is 0 Å². The van der Waals surface area contributed by atoms with Crippen LogP contribution in [0.4, 0.5) is 0 Å². The van der Waals surface area contributed by atoms with Crippen LogP contribution in [0.25, 0.3) is 6.08 Å². The van der Waals surface area contributed by atoms with Crippen LogP contribution in [0.15, 0.2) is 30.3 Å². The third kappa shape index (κ3) is 5.82. The number of carbonyl (C=O) groups is 2. The molecule has 1 aromatic carbocycles. The van der Waals surface area contributed by atoms with Crippen molar-refractivity contribution in [1.29, 1.82) is 0 Å². The van der Waals surface area contributed by atoms with Crippen LogP contribution in [0.3, 0.4) is 0 Å². The van der Waals surface area contributed by atoms with E-state index in [-0.39, 0.29) is 24.0 Å². The van der Waals surface area contributed by atoms with Crippen LogP contribution in [-0.2, 0) is 9.59 Å². The Hall–Kier alpha value is -1.94. The lowest BCUT2D eigenvalue weighted by molar-refractivity contribution is -0.137. The fourth-order valence-corrected chi connectivity index (χ4v) is 3.56. The van der Waals surface area contributed by atoms with Gasteiger partial charge in [-0.2, -0.15) is 0 Å². The monoisotopic (exact) mass is 344 g/mol. The van der Waals surface area contributed by atoms with Crippen LogP contribution in [0, 0.1) is 18.8 Å². The second-order valence-corrected chi connectivity index (χ2v) is 6.99. The second-order valence-electron chi connectivity index (χ2n) is 6.99. The summed E-state index contributed by atoms with van der Waals surface area (Å²) >= 11 is 0. The van der Waals surface area contributed by atoms with E-state index < -0.39 is 12.1 Å². The Morgan fingerprint density at radius 1 is 1.20 bits per heavy atom. The predicted molar refractivity (Wildman–Crippen MR) is 98.2 cm³/mol. The first kappa shape index (κ1) is 19.4. The third-order valence-corrected chi connectivity index (χ3v) is 5.07. The zero-order valence-corrected chi connectivity index (χ0v) is 14.9. The van der Waals surface area contributed by atoms with Crippen molar-refractivity contribution < 1.29 is 19.8 Å². The maximum atomic E-state index is 12.2. The quantitative estimate of drug-likeness (QED) is 0.664. The number of aliphatic carboxylic acids is 1. The maximum absolute atomic E-state index is 12.2. The largest absolute Gasteiger partial charge is 0.481 e. The highest BCUT2D eigenvalue weighted by molar-refractivity contribution is 5.88. The molecular weight excluding hydrogens is 316 g/mol. The minimum Gasteiger partial charge on any atom is -0.481 e. The highest BCUT2D eigenvalue weighted by atomic mass is 16.4. The predicted octanol–water partition coefficient (Wildman–Crippen LogP) is 4.00. The topological polar surface area (TPSA) is 74.6 Å². The van der Waals surface area contributed by atoms with Crippen molar-refractivity contribution in [3.63, 3.8) is 0 Å². The summed E-state index contributed by atoms with van der Waals surface area (Å²) in [6.07, 6.45) is 8.17. The van der Waals surface area contributed by atoms with Gasteiger partial charge < -0.3 is 10.2 Å². The van der Waals surface area contributed by atoms with Gasteiger partial charge in [-0.15, -0.1) is 0 Å². The Morgan fingerprint density at radius 2 is 1.92 bits per heavy atom. The zero-order chi connectivity index (χ0) is 18.2. The van der Waals surface area contributed by atoms with Crippen LogP contribution in [0.1, 0.15) is 56.1 Å². The average Bonchev–Trinajstić information content (AvgIpc) is 2.84. The molecule has 1 aromatic rings. The van der Waals surface area contributed by atoms with Gasteiger partial charge in [0.2, 0.25) is 0 Å². The first-order chi connectivity index (χ1) is 12.0. The van der Waals surface area contributed by atoms with Gasteiger partial charge in [0, 0.05) is 12.3 Å². The van der Waals surface area contributed by atoms with Crippen molar-refractivity contribution >= 4 is 17.8 Å². The number of hydrogen-bond acceptors (Lipinski definition) is 3. The number of Topliss-reactive ketones (excluding diaryl/α,β-unsaturated/α-hetero) is 1. The van der Waals surface area contributed by atoms with Gasteiger partial charge in [0.05, 0.1) is 0 Å². The molecule has 4 heteroatoms. The molecule has 1 aliphatic carbocycles. The fraction of sp³-hybridized carbons (Fsp3) is 0.524. The van der Waals surface area contributed by atoms with Crippen molar-refractivity contribution in [1.82, 2.24) is 0 Å². The van der Waals surface area contributed by atoms with Crippen LogP contribution in [0.2, 0.25) is 0 Å². The number of carboxylic acids is 1. The molecule has 0 amide bonds. The zero-order valence-electron chi connectivity index (χ0n) is 14.9. The summed E-state index contributed by atoms with van der Waals surface area (Å²) in [6, 6.07) is 8.11. The number of allylic oxidation sites excluding steroid dienone is 1. The Labute approximate surface area is 149 Å². The number of unbranched alkanes of at least 4 members (excludes halogenated alkanes) is 3. The van der Waals surface area contributed by atoms with E-state index >= 15 is 0 Å². The number of aryl methyl sites for hydroxylation is 1. The summed E-state index contributed by atoms with van der Waals surface area (Å²) in [5, 5.41) is 18.6. The smallest absolute Gasteiger partial charge is 0.303 e. The number of aliphatic hydroxyl groups excluding tert-OH is 1. The van der Waals surface area contributed by atoms with Crippen LogP contribution < -0.4 is 0 Å². The molecule has 0 saturated heterocycles. The van der Waals surface area contributed by atoms with Gasteiger partial charge in [-0.05, 0) is 43.2 Å². The van der Waals surface area contributed by atoms with Crippen LogP contribution in [-0.4, -0.2) is 28.1 Å². The van der Waals surface area contributed by atoms with E-state index in [0.717, 1.165) is 31.2 Å². The molecule has 0 bridgehead atoms. The summed E-state index contributed by atoms with van der Waals surface area (Å²) in [4.78, 5) is 22.7. The molecule has 3 unspecified atom stereocenters. The third-order valence-electron chi connectivity index (χ3n) is 5.07. The first-order valence-electron chi connectivity index (χ1n) is 9.16. The molecule has 0 radical (unpaired) electrons. The standard InChI is InChI=1S/C21H28O4/c1-15-8-6-7-9-16(15)12-13-17-14-19(22)21(25)18(17)10-4-2-3-5-11-20(23)24/h6-9,12-13,17-19,22H,2-5,10-11,14H2,1H3,(H,23,24)/b13-12+. The van der Waals surface area contributed by atoms with E-state index in [0.29, 0.717) is 12.8 Å². The first-order valence-corrected chi connectivity index (χ1v) is 9.16. The molecule has 2 rings (SSSR count). The molecule has 0 aromatic heterocycles. The van der Waals surface area contributed by atoms with E-state index in [4.69, 9.17) is 5.11 Å². The molecule has 1 aliphatic rings. The van der Waals surface area contributed by atoms with Crippen LogP contribution in [0.5, 0.6) is 0 Å². The Bertz CT molecular complexity index is 620. The molecule has 0 spiro atoms. The number of hydrogen-bond donors (Lipinski definition) is 2. The molecule has 25 heavy (non-hydrogen) atoms. The van der Waals surface area contributed by atoms with Gasteiger partial charge in [-0.1, -0.05) is 55.7 Å². The molecule has 4 nitrogen and oxygen atoms in total. The average molecular weight is 344 g/mol. The molecule has 0 aliphatic heterocycles. The minimum atomic E-state index is -0.844. The van der Waals surface area contributed by atoms with Crippen molar-refractivity contribution in [2.45, 2.75) is 58.0 Å². The van der Waals surface area contributed by atoms with Gasteiger partial charge >= 0.3 is 5.97 Å². The molecule has 2 N–H and O–H groups in total. The molecule has 1 saturated carbocycles. The SMILES string of the molecule is Cc1ccccc1/C=C/C1CC(O)C(=O)C1CCCCCCC(=O)O. The number of benzene rings is 1. The molecule has 136 valence electrons. The fourth-order valence-electron chi connectivity index (χ4n) is 3.56. The molecule has 0 heterocycles. The molecule has 3 atom stereocenters. The lowest BCUT2D eigenvalue weighted by Crippen LogP contribution is -2.19. The van der Waals surface area contributed by atoms with Crippen molar-refractivity contribution in [3.8, 4) is 0 Å². The normalized spacial score (nSPS) is 23.4. The lowest BCUT2D eigenvalue weighted by Gasteiger charge is -2.14. The summed E-state index contributed by atoms with van der Waals surface area (Å²) in [7, 11) is 0. The summed E-state index contributed by atoms with van der Waals surface area (Å²) in [5.41, 5.74) is 2.34. The second kappa shape index (κ2) is 9.52. The maximum Gasteiger partial charge on any atom is 0.303 e. The number of carboxylic acid groups (broad SMARTS) is 1. The lowest BCUT2D eigenvalue weighted by atomic mass is 9.89. The Morgan fingerprint density at radius 3 is 2.64 bits per heavy atom. The van der Waals surface area contributed by atoms with Crippen molar-refractivity contribution in [2.75, 3.05) is 0 Å². The van der Waals surface area contributed by atoms with Gasteiger partial charge in [0.15, 0.2) is 5.78 Å². The van der Waals surface area contributed by atoms with Gasteiger partial charge in [0.25, 0.3) is 0 Å². The number of ketones is 1. The highest BCUT2D eigenvalue weighted by Crippen LogP contribution is 2.34. The number of aliphatic hydroxyl groups is 1. The van der Waals surface area contributed by atoms with E-state index in [1.165, 1.54) is 5.56 Å². The van der Waals surface area contributed by atoms with E-state index in [1.807, 2.05) is 12.1 Å². The van der Waals surface area contributed by atoms with Gasteiger partial charge in [-0.3, -0.25) is 9.59 Å². The highest BCUT2D eigenvalue weighted by Gasteiger charge is 2.39. The number of rotatable bonds is 9. The summed E-state index contributed by atoms with van der Waals surface area (Å²) in [6.45, 7) is 2.06. The van der Waals surface area contributed by atoms with Gasteiger partial charge in [0.1, 0.15) is 6.10 Å². The molecule has 1 fully saturated rings. The Kier molecular flexibility index (Phi) is 7.38. The minimum absolute atomic E-state index is 0.0371. The Balaban J connectivity index is 1.87. The van der Waals surface area contributed by atoms with Crippen molar-refractivity contribution in [2.24, 2.45) is 11.8 Å². The molecular formula is C21H28O4. The van der Waals surface area contributed by atoms with E-state index in [1.54, 1.807) is 0 Å². The number of carbonyl (C=O) groups excluding carboxylic acids is 1. The van der Waals surface area contributed by atoms with Crippen molar-refractivity contribution in [3.05, 3.63) is 41.5 Å². The van der Waals surface area contributed by atoms with Gasteiger partial charge in [-0.25, -0.2) is 0 Å². The summed E-state index contributed by atoms with van der Waals surface area (Å²) < 4.78 is 0. The van der Waals surface area contributed by atoms with E-state index in [9.17, 15) is 14.7 Å². The summed E-state index contributed by atoms with van der Waals surface area (Å²) in [5.74, 6) is -0.823.